The van der Waals surface area contributed by atoms with Gasteiger partial charge in [0.2, 0.25) is 10.0 Å². The van der Waals surface area contributed by atoms with Crippen LogP contribution in [0.3, 0.4) is 0 Å². The standard InChI is InChI=1S/C15H25N3O2S/c1-15(2)9-7-11(8-10-15)18(3)12-5-4-6-13(14(12)16)21(17,19)20/h4-6,11H,7-10,16H2,1-3H3,(H2,17,19,20). The normalized spacial score (nSPS) is 19.4. The molecule has 0 radical (unpaired) electrons. The molecular weight excluding hydrogens is 286 g/mol. The van der Waals surface area contributed by atoms with Crippen molar-refractivity contribution in [1.82, 2.24) is 0 Å². The zero-order valence-corrected chi connectivity index (χ0v) is 13.8. The topological polar surface area (TPSA) is 89.4 Å². The Labute approximate surface area is 127 Å². The molecule has 1 aliphatic rings. The second-order valence-electron chi connectivity index (χ2n) is 6.74. The fraction of sp³-hybridized carbons (Fsp3) is 0.600. The molecule has 0 atom stereocenters. The van der Waals surface area contributed by atoms with Crippen molar-refractivity contribution in [1.29, 1.82) is 0 Å². The van der Waals surface area contributed by atoms with Crippen molar-refractivity contribution in [2.24, 2.45) is 10.6 Å². The van der Waals surface area contributed by atoms with E-state index in [1.165, 1.54) is 6.07 Å². The lowest BCUT2D eigenvalue weighted by Gasteiger charge is -2.40. The SMILES string of the molecule is CN(c1cccc(S(N)(=O)=O)c1N)C1CCC(C)(C)CC1. The number of anilines is 2. The number of para-hydroxylation sites is 1. The molecule has 0 aliphatic heterocycles. The van der Waals surface area contributed by atoms with E-state index in [-0.39, 0.29) is 10.6 Å². The van der Waals surface area contributed by atoms with Crippen molar-refractivity contribution in [3.05, 3.63) is 18.2 Å². The number of hydrogen-bond acceptors (Lipinski definition) is 4. The monoisotopic (exact) mass is 311 g/mol. The van der Waals surface area contributed by atoms with Crippen molar-refractivity contribution < 1.29 is 8.42 Å². The maximum Gasteiger partial charge on any atom is 0.240 e. The van der Waals surface area contributed by atoms with Gasteiger partial charge in [0.05, 0.1) is 11.4 Å². The minimum Gasteiger partial charge on any atom is -0.396 e. The number of rotatable bonds is 3. The van der Waals surface area contributed by atoms with Gasteiger partial charge >= 0.3 is 0 Å². The summed E-state index contributed by atoms with van der Waals surface area (Å²) in [4.78, 5) is 2.10. The highest BCUT2D eigenvalue weighted by atomic mass is 32.2. The van der Waals surface area contributed by atoms with Crippen LogP contribution in [-0.2, 0) is 10.0 Å². The largest absolute Gasteiger partial charge is 0.396 e. The van der Waals surface area contributed by atoms with Gasteiger partial charge in [-0.15, -0.1) is 0 Å². The van der Waals surface area contributed by atoms with Gasteiger partial charge in [-0.25, -0.2) is 13.6 Å². The van der Waals surface area contributed by atoms with Crippen molar-refractivity contribution >= 4 is 21.4 Å². The summed E-state index contributed by atoms with van der Waals surface area (Å²) in [5.41, 5.74) is 7.41. The Balaban J connectivity index is 2.27. The van der Waals surface area contributed by atoms with Crippen LogP contribution in [-0.4, -0.2) is 21.5 Å². The smallest absolute Gasteiger partial charge is 0.240 e. The number of primary sulfonamides is 1. The van der Waals surface area contributed by atoms with E-state index in [1.54, 1.807) is 6.07 Å². The van der Waals surface area contributed by atoms with Gasteiger partial charge in [0.25, 0.3) is 0 Å². The van der Waals surface area contributed by atoms with Gasteiger partial charge in [0.1, 0.15) is 4.90 Å². The molecule has 0 spiro atoms. The fourth-order valence-electron chi connectivity index (χ4n) is 3.06. The zero-order valence-electron chi connectivity index (χ0n) is 13.0. The summed E-state index contributed by atoms with van der Waals surface area (Å²) in [7, 11) is -1.82. The molecule has 4 N–H and O–H groups in total. The van der Waals surface area contributed by atoms with Crippen molar-refractivity contribution in [2.75, 3.05) is 17.7 Å². The molecular formula is C15H25N3O2S. The molecule has 0 unspecified atom stereocenters. The first-order valence-corrected chi connectivity index (χ1v) is 8.80. The molecule has 0 amide bonds. The van der Waals surface area contributed by atoms with Crippen LogP contribution in [0.5, 0.6) is 0 Å². The Kier molecular flexibility index (Phi) is 4.22. The first kappa shape index (κ1) is 16.1. The van der Waals surface area contributed by atoms with E-state index in [1.807, 2.05) is 13.1 Å². The van der Waals surface area contributed by atoms with Crippen LogP contribution in [0.4, 0.5) is 11.4 Å². The molecule has 0 saturated heterocycles. The maximum atomic E-state index is 11.6. The second kappa shape index (κ2) is 5.50. The molecule has 5 nitrogen and oxygen atoms in total. The molecule has 1 aliphatic carbocycles. The van der Waals surface area contributed by atoms with E-state index in [2.05, 4.69) is 18.7 Å². The fourth-order valence-corrected chi connectivity index (χ4v) is 3.74. The third kappa shape index (κ3) is 3.49. The van der Waals surface area contributed by atoms with E-state index in [0.29, 0.717) is 11.5 Å². The Bertz CT molecular complexity index is 616. The lowest BCUT2D eigenvalue weighted by atomic mass is 9.75. The van der Waals surface area contributed by atoms with E-state index in [9.17, 15) is 8.42 Å². The van der Waals surface area contributed by atoms with Crippen LogP contribution in [0.2, 0.25) is 0 Å². The Morgan fingerprint density at radius 2 is 1.81 bits per heavy atom. The first-order valence-electron chi connectivity index (χ1n) is 7.26. The molecule has 1 aromatic carbocycles. The third-order valence-corrected chi connectivity index (χ3v) is 5.56. The van der Waals surface area contributed by atoms with Crippen LogP contribution >= 0.6 is 0 Å². The van der Waals surface area contributed by atoms with Crippen LogP contribution < -0.4 is 15.8 Å². The highest BCUT2D eigenvalue weighted by Crippen LogP contribution is 2.39. The number of sulfonamides is 1. The van der Waals surface area contributed by atoms with Crippen LogP contribution in [0.15, 0.2) is 23.1 Å². The predicted molar refractivity (Wildman–Crippen MR) is 86.7 cm³/mol. The quantitative estimate of drug-likeness (QED) is 0.838. The molecule has 1 saturated carbocycles. The average molecular weight is 311 g/mol. The molecule has 1 fully saturated rings. The van der Waals surface area contributed by atoms with Gasteiger partial charge < -0.3 is 10.6 Å². The summed E-state index contributed by atoms with van der Waals surface area (Å²) in [6, 6.07) is 5.38. The molecule has 0 bridgehead atoms. The Morgan fingerprint density at radius 1 is 1.24 bits per heavy atom. The van der Waals surface area contributed by atoms with Crippen LogP contribution in [0, 0.1) is 5.41 Å². The van der Waals surface area contributed by atoms with Crippen LogP contribution in [0.1, 0.15) is 39.5 Å². The van der Waals surface area contributed by atoms with Gasteiger partial charge in [-0.05, 0) is 43.2 Å². The van der Waals surface area contributed by atoms with E-state index in [4.69, 9.17) is 10.9 Å². The van der Waals surface area contributed by atoms with Crippen molar-refractivity contribution in [2.45, 2.75) is 50.5 Å². The Morgan fingerprint density at radius 3 is 2.33 bits per heavy atom. The average Bonchev–Trinajstić information content (AvgIpc) is 2.37. The van der Waals surface area contributed by atoms with E-state index in [0.717, 1.165) is 31.4 Å². The number of benzene rings is 1. The number of nitrogen functional groups attached to an aromatic ring is 1. The molecule has 21 heavy (non-hydrogen) atoms. The third-order valence-electron chi connectivity index (χ3n) is 4.59. The molecule has 1 aromatic rings. The molecule has 0 aromatic heterocycles. The zero-order chi connectivity index (χ0) is 15.8. The summed E-state index contributed by atoms with van der Waals surface area (Å²) in [6.45, 7) is 4.58. The van der Waals surface area contributed by atoms with E-state index < -0.39 is 10.0 Å². The molecule has 6 heteroatoms. The van der Waals surface area contributed by atoms with Crippen molar-refractivity contribution in [3.63, 3.8) is 0 Å². The summed E-state index contributed by atoms with van der Waals surface area (Å²) in [5.74, 6) is 0. The molecule has 0 heterocycles. The van der Waals surface area contributed by atoms with Gasteiger partial charge in [-0.1, -0.05) is 19.9 Å². The summed E-state index contributed by atoms with van der Waals surface area (Å²) >= 11 is 0. The maximum absolute atomic E-state index is 11.6. The Hall–Kier alpha value is -1.27. The predicted octanol–water partition coefficient (Wildman–Crippen LogP) is 2.32. The van der Waals surface area contributed by atoms with Crippen molar-refractivity contribution in [3.8, 4) is 0 Å². The molecule has 2 rings (SSSR count). The summed E-state index contributed by atoms with van der Waals surface area (Å²) in [6.07, 6.45) is 4.50. The minimum atomic E-state index is -3.79. The molecule has 118 valence electrons. The van der Waals surface area contributed by atoms with Crippen LogP contribution in [0.25, 0.3) is 0 Å². The highest BCUT2D eigenvalue weighted by molar-refractivity contribution is 7.89. The first-order chi connectivity index (χ1) is 9.62. The number of hydrogen-bond donors (Lipinski definition) is 2. The highest BCUT2D eigenvalue weighted by Gasteiger charge is 2.30. The number of nitrogens with zero attached hydrogens (tertiary/aromatic N) is 1. The van der Waals surface area contributed by atoms with Gasteiger partial charge in [-0.3, -0.25) is 0 Å². The number of nitrogens with two attached hydrogens (primary N) is 2. The lowest BCUT2D eigenvalue weighted by Crippen LogP contribution is -2.37. The summed E-state index contributed by atoms with van der Waals surface area (Å²) < 4.78 is 23.1. The lowest BCUT2D eigenvalue weighted by molar-refractivity contribution is 0.222. The van der Waals surface area contributed by atoms with Gasteiger partial charge in [-0.2, -0.15) is 0 Å². The summed E-state index contributed by atoms with van der Waals surface area (Å²) in [5, 5.41) is 5.21. The van der Waals surface area contributed by atoms with Gasteiger partial charge in [0, 0.05) is 13.1 Å². The second-order valence-corrected chi connectivity index (χ2v) is 8.27. The van der Waals surface area contributed by atoms with Gasteiger partial charge in [0.15, 0.2) is 0 Å². The minimum absolute atomic E-state index is 0.00277. The van der Waals surface area contributed by atoms with E-state index >= 15 is 0 Å².